The molecule has 0 aliphatic carbocycles. The van der Waals surface area contributed by atoms with Crippen LogP contribution in [0.2, 0.25) is 0 Å². The number of hydrogen-bond donors (Lipinski definition) is 1. The van der Waals surface area contributed by atoms with Crippen molar-refractivity contribution in [2.75, 3.05) is 0 Å². The van der Waals surface area contributed by atoms with Crippen LogP contribution >= 0.6 is 0 Å². The van der Waals surface area contributed by atoms with Gasteiger partial charge in [-0.3, -0.25) is 0 Å². The Bertz CT molecular complexity index is 401. The van der Waals surface area contributed by atoms with Gasteiger partial charge in [0, 0.05) is 0 Å². The molecule has 49 valence electrons. The molecule has 0 amide bonds. The number of fused-ring (bicyclic) bond motifs is 1. The minimum absolute atomic E-state index is 0.0237. The van der Waals surface area contributed by atoms with Crippen molar-refractivity contribution in [1.82, 2.24) is 3.98 Å². The SMILES string of the molecule is O=c1[nH][se]c2ccc[c]c12. The number of nitrogens with one attached hydrogen (secondary N) is 1. The standard InChI is InChI=1S/C7H4NOSe/c9-7-5-3-1-2-4-6(5)10-8-7/h1-2,4H,(H,8,9). The number of rotatable bonds is 0. The van der Waals surface area contributed by atoms with Crippen molar-refractivity contribution in [2.45, 2.75) is 0 Å². The summed E-state index contributed by atoms with van der Waals surface area (Å²) in [7, 11) is 0. The molecule has 2 aromatic rings. The third-order valence-corrected chi connectivity index (χ3v) is 3.08. The van der Waals surface area contributed by atoms with Crippen LogP contribution in [0.15, 0.2) is 23.0 Å². The number of benzene rings is 1. The summed E-state index contributed by atoms with van der Waals surface area (Å²) in [5.74, 6) is 0. The molecule has 2 nitrogen and oxygen atoms in total. The molecular weight excluding hydrogens is 193 g/mol. The number of aromatic amines is 1. The van der Waals surface area contributed by atoms with Crippen molar-refractivity contribution < 1.29 is 0 Å². The Kier molecular flexibility index (Phi) is 1.26. The second-order valence-corrected chi connectivity index (χ2v) is 3.72. The first-order valence-corrected chi connectivity index (χ1v) is 4.57. The van der Waals surface area contributed by atoms with Crippen LogP contribution in [0.25, 0.3) is 9.65 Å². The first-order chi connectivity index (χ1) is 4.88. The molecule has 0 aliphatic heterocycles. The van der Waals surface area contributed by atoms with Gasteiger partial charge in [0.15, 0.2) is 0 Å². The van der Waals surface area contributed by atoms with Crippen molar-refractivity contribution in [2.24, 2.45) is 0 Å². The molecule has 1 aromatic carbocycles. The van der Waals surface area contributed by atoms with Gasteiger partial charge in [-0.05, 0) is 0 Å². The van der Waals surface area contributed by atoms with Crippen molar-refractivity contribution in [3.8, 4) is 0 Å². The van der Waals surface area contributed by atoms with Gasteiger partial charge in [0.2, 0.25) is 0 Å². The van der Waals surface area contributed by atoms with E-state index in [1.54, 1.807) is 6.07 Å². The molecule has 0 atom stereocenters. The Hall–Kier alpha value is -0.791. The average molecular weight is 197 g/mol. The Balaban J connectivity index is 3.07. The van der Waals surface area contributed by atoms with Crippen LogP contribution in [0, 0.1) is 6.07 Å². The fourth-order valence-electron chi connectivity index (χ4n) is 0.836. The minimum atomic E-state index is 0.0237. The van der Waals surface area contributed by atoms with Crippen molar-refractivity contribution in [1.29, 1.82) is 0 Å². The molecule has 0 saturated carbocycles. The topological polar surface area (TPSA) is 32.9 Å². The summed E-state index contributed by atoms with van der Waals surface area (Å²) >= 11 is 0.143. The van der Waals surface area contributed by atoms with Gasteiger partial charge in [0.1, 0.15) is 0 Å². The Labute approximate surface area is 63.5 Å². The molecule has 0 aliphatic rings. The zero-order valence-electron chi connectivity index (χ0n) is 5.05. The maximum absolute atomic E-state index is 10.9. The second-order valence-electron chi connectivity index (χ2n) is 1.94. The first-order valence-electron chi connectivity index (χ1n) is 2.86. The van der Waals surface area contributed by atoms with Gasteiger partial charge in [-0.15, -0.1) is 0 Å². The van der Waals surface area contributed by atoms with E-state index in [9.17, 15) is 4.79 Å². The molecule has 0 bridgehead atoms. The monoisotopic (exact) mass is 198 g/mol. The van der Waals surface area contributed by atoms with Crippen LogP contribution in [-0.4, -0.2) is 18.7 Å². The summed E-state index contributed by atoms with van der Waals surface area (Å²) in [4.78, 5) is 10.9. The summed E-state index contributed by atoms with van der Waals surface area (Å²) in [6, 6.07) is 8.53. The summed E-state index contributed by atoms with van der Waals surface area (Å²) in [5.41, 5.74) is 0.0237. The van der Waals surface area contributed by atoms with E-state index in [0.717, 1.165) is 9.65 Å². The van der Waals surface area contributed by atoms with Gasteiger partial charge < -0.3 is 0 Å². The van der Waals surface area contributed by atoms with Gasteiger partial charge in [-0.1, -0.05) is 0 Å². The first kappa shape index (κ1) is 5.95. The molecule has 2 rings (SSSR count). The third-order valence-electron chi connectivity index (χ3n) is 1.30. The molecule has 1 radical (unpaired) electrons. The molecule has 10 heavy (non-hydrogen) atoms. The Morgan fingerprint density at radius 1 is 1.60 bits per heavy atom. The maximum atomic E-state index is 10.9. The van der Waals surface area contributed by atoms with Gasteiger partial charge in [-0.2, -0.15) is 0 Å². The van der Waals surface area contributed by atoms with Gasteiger partial charge in [0.05, 0.1) is 0 Å². The molecule has 0 spiro atoms. The van der Waals surface area contributed by atoms with Gasteiger partial charge in [0.25, 0.3) is 0 Å². The van der Waals surface area contributed by atoms with E-state index in [1.165, 1.54) is 0 Å². The molecule has 3 heteroatoms. The molecule has 1 aromatic heterocycles. The van der Waals surface area contributed by atoms with E-state index in [4.69, 9.17) is 0 Å². The predicted octanol–water partition coefficient (Wildman–Crippen LogP) is 0.385. The number of hydrogen-bond acceptors (Lipinski definition) is 1. The fourth-order valence-corrected chi connectivity index (χ4v) is 2.32. The summed E-state index contributed by atoms with van der Waals surface area (Å²) in [5, 5.41) is 0.725. The predicted molar refractivity (Wildman–Crippen MR) is 40.3 cm³/mol. The Morgan fingerprint density at radius 2 is 2.50 bits per heavy atom. The van der Waals surface area contributed by atoms with Crippen LogP contribution < -0.4 is 5.56 Å². The molecule has 0 saturated heterocycles. The second kappa shape index (κ2) is 2.11. The quantitative estimate of drug-likeness (QED) is 0.608. The summed E-state index contributed by atoms with van der Waals surface area (Å²) in [6.07, 6.45) is 0. The summed E-state index contributed by atoms with van der Waals surface area (Å²) < 4.78 is 3.89. The van der Waals surface area contributed by atoms with E-state index in [0.29, 0.717) is 0 Å². The molecule has 0 fully saturated rings. The molecular formula is C7H4NOSe. The average Bonchev–Trinajstić information content (AvgIpc) is 2.34. The third kappa shape index (κ3) is 0.753. The van der Waals surface area contributed by atoms with Gasteiger partial charge >= 0.3 is 63.0 Å². The zero-order valence-corrected chi connectivity index (χ0v) is 6.76. The summed E-state index contributed by atoms with van der Waals surface area (Å²) in [6.45, 7) is 0. The van der Waals surface area contributed by atoms with Crippen molar-refractivity contribution in [3.05, 3.63) is 34.6 Å². The number of aromatic nitrogens is 1. The van der Waals surface area contributed by atoms with Crippen molar-refractivity contribution >= 4 is 24.4 Å². The van der Waals surface area contributed by atoms with Crippen LogP contribution in [0.3, 0.4) is 0 Å². The molecule has 0 unspecified atom stereocenters. The van der Waals surface area contributed by atoms with Crippen LogP contribution in [0.1, 0.15) is 0 Å². The van der Waals surface area contributed by atoms with Crippen LogP contribution in [0.4, 0.5) is 0 Å². The van der Waals surface area contributed by atoms with E-state index in [-0.39, 0.29) is 20.3 Å². The van der Waals surface area contributed by atoms with E-state index < -0.39 is 0 Å². The van der Waals surface area contributed by atoms with Crippen LogP contribution in [-0.2, 0) is 0 Å². The van der Waals surface area contributed by atoms with Crippen LogP contribution in [0.5, 0.6) is 0 Å². The Morgan fingerprint density at radius 3 is 3.30 bits per heavy atom. The fraction of sp³-hybridized carbons (Fsp3) is 0. The molecule has 1 heterocycles. The van der Waals surface area contributed by atoms with Crippen molar-refractivity contribution in [3.63, 3.8) is 0 Å². The molecule has 1 N–H and O–H groups in total. The van der Waals surface area contributed by atoms with E-state index >= 15 is 0 Å². The van der Waals surface area contributed by atoms with Gasteiger partial charge in [-0.25, -0.2) is 0 Å². The number of H-pyrrole nitrogens is 1. The zero-order chi connectivity index (χ0) is 6.97. The van der Waals surface area contributed by atoms with E-state index in [1.807, 2.05) is 12.1 Å². The normalized spacial score (nSPS) is 10.4. The van der Waals surface area contributed by atoms with E-state index in [2.05, 4.69) is 10.0 Å².